The summed E-state index contributed by atoms with van der Waals surface area (Å²) in [5, 5.41) is 12.5. The fourth-order valence-corrected chi connectivity index (χ4v) is 3.08. The van der Waals surface area contributed by atoms with Crippen LogP contribution in [-0.2, 0) is 4.79 Å². The van der Waals surface area contributed by atoms with Gasteiger partial charge in [0.25, 0.3) is 5.91 Å². The number of pyridine rings is 1. The summed E-state index contributed by atoms with van der Waals surface area (Å²) in [7, 11) is 3.99. The normalized spacial score (nSPS) is 23.7. The molecule has 0 aliphatic heterocycles. The fraction of sp³-hybridized carbons (Fsp3) is 0.444. The highest BCUT2D eigenvalue weighted by Gasteiger charge is 2.31. The van der Waals surface area contributed by atoms with E-state index in [1.807, 2.05) is 14.1 Å². The maximum Gasteiger partial charge on any atom is 0.253 e. The number of hydrogen-bond acceptors (Lipinski definition) is 6. The molecule has 1 aliphatic carbocycles. The van der Waals surface area contributed by atoms with E-state index in [4.69, 9.17) is 11.5 Å². The molecule has 9 heteroatoms. The zero-order chi connectivity index (χ0) is 20.0. The molecule has 144 valence electrons. The van der Waals surface area contributed by atoms with Gasteiger partial charge in [0.05, 0.1) is 23.2 Å². The number of carbonyl (C=O) groups is 1. The van der Waals surface area contributed by atoms with Gasteiger partial charge < -0.3 is 21.7 Å². The number of aromatic nitrogens is 1. The standard InChI is InChI=1S/C18H24FN7O/c1-26(2)13-3-4-15(11(7-13)9-20)24-10-14(18(22)27)17(21)25-12-5-6-23-16(19)8-12/h5-6,8,10-11,13,15,24H,3-4,7H2,1-2H3,(H2,22,27)(H2,21,23,25)/b14-10+/t11-,13-,15+/m1/s1. The number of nitrogens with one attached hydrogen (secondary N) is 1. The summed E-state index contributed by atoms with van der Waals surface area (Å²) in [6.45, 7) is 0. The van der Waals surface area contributed by atoms with Crippen LogP contribution in [0.1, 0.15) is 19.3 Å². The number of rotatable bonds is 6. The largest absolute Gasteiger partial charge is 0.386 e. The lowest BCUT2D eigenvalue weighted by Gasteiger charge is -2.36. The van der Waals surface area contributed by atoms with Gasteiger partial charge in [-0.2, -0.15) is 9.65 Å². The zero-order valence-electron chi connectivity index (χ0n) is 15.4. The highest BCUT2D eigenvalue weighted by atomic mass is 19.1. The van der Waals surface area contributed by atoms with Gasteiger partial charge in [-0.1, -0.05) is 0 Å². The molecular formula is C18H24FN7O. The Morgan fingerprint density at radius 2 is 2.22 bits per heavy atom. The molecule has 0 aromatic carbocycles. The number of carbonyl (C=O) groups excluding carboxylic acids is 1. The third-order valence-corrected chi connectivity index (χ3v) is 4.66. The molecule has 5 N–H and O–H groups in total. The number of amidine groups is 1. The quantitative estimate of drug-likeness (QED) is 0.292. The van der Waals surface area contributed by atoms with Gasteiger partial charge in [-0.15, -0.1) is 0 Å². The average Bonchev–Trinajstić information content (AvgIpc) is 2.61. The molecule has 1 heterocycles. The Kier molecular flexibility index (Phi) is 6.85. The maximum absolute atomic E-state index is 13.2. The first-order valence-electron chi connectivity index (χ1n) is 8.60. The summed E-state index contributed by atoms with van der Waals surface area (Å²) in [4.78, 5) is 21.3. The molecule has 2 rings (SSSR count). The second-order valence-electron chi connectivity index (χ2n) is 6.70. The Bertz CT molecular complexity index is 784. The van der Waals surface area contributed by atoms with Gasteiger partial charge >= 0.3 is 0 Å². The van der Waals surface area contributed by atoms with Crippen LogP contribution in [0, 0.1) is 23.2 Å². The highest BCUT2D eigenvalue weighted by Crippen LogP contribution is 2.27. The first-order chi connectivity index (χ1) is 12.8. The average molecular weight is 373 g/mol. The molecule has 1 amide bonds. The molecule has 0 unspecified atom stereocenters. The number of amides is 1. The SMILES string of the molecule is CN(C)[C@@H]1CC[C@H](N/C=C(/C(N)=O)C(N)=Nc2ccnc(F)c2)[C@@H](C#N)C1. The molecule has 1 saturated carbocycles. The molecule has 1 aromatic heterocycles. The van der Waals surface area contributed by atoms with E-state index in [1.54, 1.807) is 0 Å². The van der Waals surface area contributed by atoms with E-state index in [9.17, 15) is 14.4 Å². The van der Waals surface area contributed by atoms with Crippen molar-refractivity contribution >= 4 is 17.4 Å². The predicted octanol–water partition coefficient (Wildman–Crippen LogP) is 0.791. The van der Waals surface area contributed by atoms with E-state index in [0.29, 0.717) is 6.04 Å². The van der Waals surface area contributed by atoms with Crippen LogP contribution in [0.4, 0.5) is 10.1 Å². The van der Waals surface area contributed by atoms with Crippen molar-refractivity contribution in [3.8, 4) is 6.07 Å². The van der Waals surface area contributed by atoms with Crippen LogP contribution in [0.5, 0.6) is 0 Å². The molecule has 0 bridgehead atoms. The summed E-state index contributed by atoms with van der Waals surface area (Å²) in [5.41, 5.74) is 11.5. The lowest BCUT2D eigenvalue weighted by molar-refractivity contribution is -0.114. The Morgan fingerprint density at radius 1 is 1.48 bits per heavy atom. The number of nitrogens with zero attached hydrogens (tertiary/aromatic N) is 4. The van der Waals surface area contributed by atoms with Crippen molar-refractivity contribution in [1.82, 2.24) is 15.2 Å². The molecular weight excluding hydrogens is 349 g/mol. The molecule has 0 spiro atoms. The molecule has 0 saturated heterocycles. The molecule has 1 fully saturated rings. The van der Waals surface area contributed by atoms with E-state index >= 15 is 0 Å². The lowest BCUT2D eigenvalue weighted by Crippen LogP contribution is -2.44. The van der Waals surface area contributed by atoms with Crippen LogP contribution in [-0.4, -0.2) is 47.8 Å². The van der Waals surface area contributed by atoms with Crippen LogP contribution in [0.3, 0.4) is 0 Å². The minimum atomic E-state index is -0.770. The summed E-state index contributed by atoms with van der Waals surface area (Å²) >= 11 is 0. The van der Waals surface area contributed by atoms with E-state index in [1.165, 1.54) is 18.5 Å². The van der Waals surface area contributed by atoms with E-state index in [0.717, 1.165) is 25.3 Å². The van der Waals surface area contributed by atoms with Gasteiger partial charge in [0, 0.05) is 30.5 Å². The lowest BCUT2D eigenvalue weighted by atomic mass is 9.82. The molecule has 0 radical (unpaired) electrons. The van der Waals surface area contributed by atoms with E-state index < -0.39 is 11.9 Å². The highest BCUT2D eigenvalue weighted by molar-refractivity contribution is 6.20. The molecule has 27 heavy (non-hydrogen) atoms. The third kappa shape index (κ3) is 5.49. The number of primary amides is 1. The zero-order valence-corrected chi connectivity index (χ0v) is 15.4. The fourth-order valence-electron chi connectivity index (χ4n) is 3.08. The Balaban J connectivity index is 2.16. The van der Waals surface area contributed by atoms with Gasteiger partial charge in [0.2, 0.25) is 5.95 Å². The number of nitriles is 1. The first-order valence-corrected chi connectivity index (χ1v) is 8.60. The van der Waals surface area contributed by atoms with E-state index in [2.05, 4.69) is 26.3 Å². The molecule has 8 nitrogen and oxygen atoms in total. The molecule has 3 atom stereocenters. The summed E-state index contributed by atoms with van der Waals surface area (Å²) < 4.78 is 13.2. The van der Waals surface area contributed by atoms with Crippen LogP contribution in [0.25, 0.3) is 0 Å². The van der Waals surface area contributed by atoms with Gasteiger partial charge in [-0.3, -0.25) is 4.79 Å². The Labute approximate surface area is 157 Å². The van der Waals surface area contributed by atoms with Crippen molar-refractivity contribution in [2.45, 2.75) is 31.3 Å². The second-order valence-corrected chi connectivity index (χ2v) is 6.70. The second kappa shape index (κ2) is 9.09. The van der Waals surface area contributed by atoms with Gasteiger partial charge in [-0.25, -0.2) is 9.98 Å². The van der Waals surface area contributed by atoms with Crippen molar-refractivity contribution in [1.29, 1.82) is 5.26 Å². The summed E-state index contributed by atoms with van der Waals surface area (Å²) in [6.07, 6.45) is 5.08. The van der Waals surface area contributed by atoms with Crippen LogP contribution < -0.4 is 16.8 Å². The third-order valence-electron chi connectivity index (χ3n) is 4.66. The predicted molar refractivity (Wildman–Crippen MR) is 100 cm³/mol. The van der Waals surface area contributed by atoms with Crippen molar-refractivity contribution in [2.24, 2.45) is 22.4 Å². The first kappa shape index (κ1) is 20.3. The summed E-state index contributed by atoms with van der Waals surface area (Å²) in [6, 6.07) is 5.10. The van der Waals surface area contributed by atoms with E-state index in [-0.39, 0.29) is 29.1 Å². The number of halogens is 1. The molecule has 1 aromatic rings. The van der Waals surface area contributed by atoms with Crippen LogP contribution >= 0.6 is 0 Å². The van der Waals surface area contributed by atoms with Crippen molar-refractivity contribution in [3.63, 3.8) is 0 Å². The summed E-state index contributed by atoms with van der Waals surface area (Å²) in [5.74, 6) is -1.82. The number of hydrogen-bond donors (Lipinski definition) is 3. The minimum absolute atomic E-state index is 0.0290. The minimum Gasteiger partial charge on any atom is -0.386 e. The number of aliphatic imine (C=N–C) groups is 1. The topological polar surface area (TPSA) is 133 Å². The number of nitrogens with two attached hydrogens (primary N) is 2. The van der Waals surface area contributed by atoms with Crippen molar-refractivity contribution in [2.75, 3.05) is 14.1 Å². The van der Waals surface area contributed by atoms with Crippen LogP contribution in [0.2, 0.25) is 0 Å². The maximum atomic E-state index is 13.2. The monoisotopic (exact) mass is 373 g/mol. The van der Waals surface area contributed by atoms with Gasteiger partial charge in [0.15, 0.2) is 0 Å². The van der Waals surface area contributed by atoms with Crippen molar-refractivity contribution < 1.29 is 9.18 Å². The van der Waals surface area contributed by atoms with Crippen LogP contribution in [0.15, 0.2) is 35.1 Å². The Hall–Kier alpha value is -2.99. The van der Waals surface area contributed by atoms with Gasteiger partial charge in [-0.05, 0) is 39.4 Å². The smallest absolute Gasteiger partial charge is 0.253 e. The van der Waals surface area contributed by atoms with Gasteiger partial charge in [0.1, 0.15) is 5.84 Å². The molecule has 1 aliphatic rings. The van der Waals surface area contributed by atoms with Crippen molar-refractivity contribution in [3.05, 3.63) is 36.1 Å². The Morgan fingerprint density at radius 3 is 2.81 bits per heavy atom.